The molecule has 4 aliphatic rings. The van der Waals surface area contributed by atoms with Crippen LogP contribution in [0.25, 0.3) is 0 Å². The molecule has 4 fully saturated rings. The Balaban J connectivity index is 1.21. The van der Waals surface area contributed by atoms with Crippen LogP contribution < -0.4 is 14.8 Å². The number of carbonyl (C=O) groups excluding carboxylic acids is 1. The fourth-order valence-corrected chi connectivity index (χ4v) is 11.5. The van der Waals surface area contributed by atoms with Gasteiger partial charge in [-0.2, -0.15) is 0 Å². The molecule has 1 aromatic rings. The summed E-state index contributed by atoms with van der Waals surface area (Å²) in [5, 5.41) is 25.1. The number of aliphatic hydroxyl groups is 2. The molecule has 0 aliphatic heterocycles. The number of sulfonamides is 1. The van der Waals surface area contributed by atoms with E-state index in [9.17, 15) is 27.8 Å². The number of urea groups is 1. The molecule has 8 nitrogen and oxygen atoms in total. The predicted molar refractivity (Wildman–Crippen MR) is 162 cm³/mol. The van der Waals surface area contributed by atoms with Gasteiger partial charge in [0, 0.05) is 18.7 Å². The highest BCUT2D eigenvalue weighted by molar-refractivity contribution is 7.90. The topological polar surface area (TPSA) is 125 Å². The standard InChI is InChI=1S/C33H51FN2O6S/c1-6-24-28-17-21(37)9-12-33(28,4)27-10-13-32(3)25(7-8-26(32)29(27)30(24)38)19(2)11-14-35-31(39)36-43(40,41)23-16-20(34)15-22(18-23)42-5/h15-16,18-19,21,24-30,37-38H,6-14,17H2,1-5H3,(H2,35,36,39)/t19-,21-,24-,25-,26+,27+,28?,29+,30-,32-,33-/m1/s1. The number of carbonyl (C=O) groups is 1. The Hall–Kier alpha value is -1.91. The summed E-state index contributed by atoms with van der Waals surface area (Å²) in [5.74, 6) is 1.87. The van der Waals surface area contributed by atoms with Crippen molar-refractivity contribution in [1.82, 2.24) is 10.0 Å². The van der Waals surface area contributed by atoms with Crippen LogP contribution in [0, 0.1) is 58.1 Å². The third-order valence-electron chi connectivity index (χ3n) is 12.7. The molecular formula is C33H51FN2O6S. The Morgan fingerprint density at radius 2 is 1.77 bits per heavy atom. The molecule has 4 saturated carbocycles. The Labute approximate surface area is 256 Å². The molecule has 0 bridgehead atoms. The lowest BCUT2D eigenvalue weighted by atomic mass is 9.41. The summed E-state index contributed by atoms with van der Waals surface area (Å²) in [5.41, 5.74) is 0.280. The third-order valence-corrected chi connectivity index (χ3v) is 14.0. The maximum atomic E-state index is 13.8. The van der Waals surface area contributed by atoms with Crippen LogP contribution in [0.4, 0.5) is 9.18 Å². The van der Waals surface area contributed by atoms with Crippen LogP contribution in [-0.2, 0) is 10.0 Å². The molecule has 4 N–H and O–H groups in total. The summed E-state index contributed by atoms with van der Waals surface area (Å²) in [6.07, 6.45) is 8.23. The van der Waals surface area contributed by atoms with Gasteiger partial charge in [0.1, 0.15) is 11.6 Å². The monoisotopic (exact) mass is 622 g/mol. The van der Waals surface area contributed by atoms with Gasteiger partial charge in [-0.3, -0.25) is 0 Å². The van der Waals surface area contributed by atoms with Crippen LogP contribution in [0.2, 0.25) is 0 Å². The number of hydrogen-bond donors (Lipinski definition) is 4. The molecule has 1 aromatic carbocycles. The summed E-state index contributed by atoms with van der Waals surface area (Å²) in [7, 11) is -2.96. The molecule has 43 heavy (non-hydrogen) atoms. The average Bonchev–Trinajstić information content (AvgIpc) is 3.30. The zero-order valence-electron chi connectivity index (χ0n) is 26.3. The smallest absolute Gasteiger partial charge is 0.328 e. The Bertz CT molecular complexity index is 1290. The maximum Gasteiger partial charge on any atom is 0.328 e. The predicted octanol–water partition coefficient (Wildman–Crippen LogP) is 5.48. The zero-order chi connectivity index (χ0) is 31.3. The summed E-state index contributed by atoms with van der Waals surface area (Å²) in [6.45, 7) is 9.62. The number of nitrogens with one attached hydrogen (secondary N) is 2. The van der Waals surface area contributed by atoms with E-state index in [0.29, 0.717) is 42.6 Å². The number of halogens is 1. The van der Waals surface area contributed by atoms with Crippen LogP contribution in [0.15, 0.2) is 23.1 Å². The van der Waals surface area contributed by atoms with Crippen molar-refractivity contribution in [2.75, 3.05) is 13.7 Å². The minimum Gasteiger partial charge on any atom is -0.497 e. The summed E-state index contributed by atoms with van der Waals surface area (Å²) in [6, 6.07) is 2.23. The normalized spacial score (nSPS) is 39.6. The van der Waals surface area contributed by atoms with Crippen LogP contribution in [0.5, 0.6) is 5.75 Å². The molecule has 0 aromatic heterocycles. The molecule has 242 valence electrons. The van der Waals surface area contributed by atoms with E-state index in [-0.39, 0.29) is 45.5 Å². The van der Waals surface area contributed by atoms with Gasteiger partial charge in [0.25, 0.3) is 10.0 Å². The lowest BCUT2D eigenvalue weighted by Gasteiger charge is -2.64. The van der Waals surface area contributed by atoms with Gasteiger partial charge in [-0.15, -0.1) is 0 Å². The van der Waals surface area contributed by atoms with E-state index < -0.39 is 21.9 Å². The van der Waals surface area contributed by atoms with Crippen molar-refractivity contribution in [3.8, 4) is 5.75 Å². The zero-order valence-corrected chi connectivity index (χ0v) is 27.1. The van der Waals surface area contributed by atoms with Crippen molar-refractivity contribution in [3.63, 3.8) is 0 Å². The van der Waals surface area contributed by atoms with Gasteiger partial charge in [0.2, 0.25) is 0 Å². The van der Waals surface area contributed by atoms with Gasteiger partial charge in [0.05, 0.1) is 24.2 Å². The van der Waals surface area contributed by atoms with Gasteiger partial charge in [-0.25, -0.2) is 22.3 Å². The number of ether oxygens (including phenoxy) is 1. The number of fused-ring (bicyclic) bond motifs is 5. The van der Waals surface area contributed by atoms with Crippen LogP contribution >= 0.6 is 0 Å². The molecule has 2 amide bonds. The van der Waals surface area contributed by atoms with E-state index in [2.05, 4.69) is 33.0 Å². The summed E-state index contributed by atoms with van der Waals surface area (Å²) in [4.78, 5) is 12.1. The second-order valence-corrected chi connectivity index (χ2v) is 16.3. The highest BCUT2D eigenvalue weighted by atomic mass is 32.2. The van der Waals surface area contributed by atoms with E-state index in [0.717, 1.165) is 69.6 Å². The highest BCUT2D eigenvalue weighted by Crippen LogP contribution is 2.69. The van der Waals surface area contributed by atoms with Crippen LogP contribution in [-0.4, -0.2) is 50.5 Å². The number of hydrogen-bond acceptors (Lipinski definition) is 6. The lowest BCUT2D eigenvalue weighted by Crippen LogP contribution is -2.62. The largest absolute Gasteiger partial charge is 0.497 e. The van der Waals surface area contributed by atoms with E-state index in [1.54, 1.807) is 0 Å². The molecule has 10 heteroatoms. The van der Waals surface area contributed by atoms with Gasteiger partial charge < -0.3 is 20.3 Å². The Morgan fingerprint density at radius 3 is 2.47 bits per heavy atom. The number of rotatable bonds is 8. The molecule has 0 saturated heterocycles. The molecule has 5 rings (SSSR count). The van der Waals surface area contributed by atoms with Gasteiger partial charge in [-0.05, 0) is 110 Å². The molecule has 0 heterocycles. The van der Waals surface area contributed by atoms with Crippen molar-refractivity contribution in [3.05, 3.63) is 24.0 Å². The fraction of sp³-hybridized carbons (Fsp3) is 0.788. The van der Waals surface area contributed by atoms with Crippen molar-refractivity contribution < 1.29 is 32.6 Å². The van der Waals surface area contributed by atoms with Crippen molar-refractivity contribution in [1.29, 1.82) is 0 Å². The fourth-order valence-electron chi connectivity index (χ4n) is 10.6. The minimum atomic E-state index is -4.27. The minimum absolute atomic E-state index is 0.0458. The summed E-state index contributed by atoms with van der Waals surface area (Å²) >= 11 is 0. The quantitative estimate of drug-likeness (QED) is 0.305. The van der Waals surface area contributed by atoms with E-state index in [4.69, 9.17) is 4.74 Å². The molecule has 4 aliphatic carbocycles. The first kappa shape index (κ1) is 32.5. The first-order chi connectivity index (χ1) is 20.2. The third kappa shape index (κ3) is 5.81. The molecule has 11 atom stereocenters. The lowest BCUT2D eigenvalue weighted by molar-refractivity contribution is -0.203. The molecular weight excluding hydrogens is 571 g/mol. The van der Waals surface area contributed by atoms with Crippen LogP contribution in [0.3, 0.4) is 0 Å². The Kier molecular flexibility index (Phi) is 9.16. The van der Waals surface area contributed by atoms with Crippen LogP contribution in [0.1, 0.15) is 85.5 Å². The van der Waals surface area contributed by atoms with E-state index in [1.165, 1.54) is 7.11 Å². The van der Waals surface area contributed by atoms with Crippen molar-refractivity contribution >= 4 is 16.1 Å². The molecule has 0 spiro atoms. The molecule has 0 radical (unpaired) electrons. The number of benzene rings is 1. The number of amides is 2. The summed E-state index contributed by atoms with van der Waals surface area (Å²) < 4.78 is 46.1. The number of methoxy groups -OCH3 is 1. The first-order valence-electron chi connectivity index (χ1n) is 16.3. The molecule has 1 unspecified atom stereocenters. The van der Waals surface area contributed by atoms with Crippen molar-refractivity contribution in [2.24, 2.45) is 52.3 Å². The van der Waals surface area contributed by atoms with E-state index >= 15 is 0 Å². The maximum absolute atomic E-state index is 13.8. The van der Waals surface area contributed by atoms with Gasteiger partial charge in [-0.1, -0.05) is 34.1 Å². The average molecular weight is 623 g/mol. The SMILES string of the molecule is CC[C@@H]1C2C[C@H](O)CC[C@]2(C)[C@H]2CC[C@]3(C)[C@@H]([C@H](C)CCNC(=O)NS(=O)(=O)c4cc(F)cc(OC)c4)CC[C@H]3[C@@H]2[C@@H]1O. The highest BCUT2D eigenvalue weighted by Gasteiger charge is 2.64. The second-order valence-electron chi connectivity index (χ2n) is 14.6. The Morgan fingerprint density at radius 1 is 1.07 bits per heavy atom. The van der Waals surface area contributed by atoms with Gasteiger partial charge >= 0.3 is 6.03 Å². The first-order valence-corrected chi connectivity index (χ1v) is 17.7. The second kappa shape index (κ2) is 12.1. The van der Waals surface area contributed by atoms with Crippen molar-refractivity contribution in [2.45, 2.75) is 103 Å². The number of aliphatic hydroxyl groups excluding tert-OH is 2. The van der Waals surface area contributed by atoms with E-state index in [1.807, 2.05) is 4.72 Å². The van der Waals surface area contributed by atoms with Gasteiger partial charge in [0.15, 0.2) is 0 Å².